The average Bonchev–Trinajstić information content (AvgIpc) is 3.28. The Morgan fingerprint density at radius 3 is 2.20 bits per heavy atom. The van der Waals surface area contributed by atoms with Gasteiger partial charge in [0.25, 0.3) is 5.91 Å². The number of ether oxygens (including phenoxy) is 1. The number of hydrogen-bond acceptors (Lipinski definition) is 3. The van der Waals surface area contributed by atoms with Crippen LogP contribution in [0.3, 0.4) is 0 Å². The van der Waals surface area contributed by atoms with Gasteiger partial charge in [-0.25, -0.2) is 9.18 Å². The van der Waals surface area contributed by atoms with Crippen molar-refractivity contribution in [2.45, 2.75) is 0 Å². The summed E-state index contributed by atoms with van der Waals surface area (Å²) in [4.78, 5) is 25.2. The van der Waals surface area contributed by atoms with Gasteiger partial charge in [-0.15, -0.1) is 0 Å². The highest BCUT2D eigenvalue weighted by Gasteiger charge is 2.13. The lowest BCUT2D eigenvalue weighted by Gasteiger charge is -2.10. The molecule has 4 aromatic carbocycles. The molecule has 0 atom stereocenters. The minimum absolute atomic E-state index is 0.254. The third-order valence-corrected chi connectivity index (χ3v) is 5.33. The molecule has 0 spiro atoms. The topological polar surface area (TPSA) is 72.4 Å². The fourth-order valence-electron chi connectivity index (χ4n) is 3.68. The Labute approximate surface area is 200 Å². The number of rotatable bonds is 5. The molecule has 0 aliphatic heterocycles. The van der Waals surface area contributed by atoms with Crippen molar-refractivity contribution in [3.05, 3.63) is 121 Å². The molecule has 0 saturated carbocycles. The highest BCUT2D eigenvalue weighted by atomic mass is 19.1. The zero-order chi connectivity index (χ0) is 24.2. The number of amides is 2. The Balaban J connectivity index is 1.24. The van der Waals surface area contributed by atoms with Crippen molar-refractivity contribution in [1.29, 1.82) is 0 Å². The third-order valence-electron chi connectivity index (χ3n) is 5.33. The number of carbonyl (C=O) groups excluding carboxylic acids is 2. The van der Waals surface area contributed by atoms with Gasteiger partial charge in [0, 0.05) is 28.5 Å². The van der Waals surface area contributed by atoms with E-state index in [-0.39, 0.29) is 11.5 Å². The molecule has 0 radical (unpaired) electrons. The maximum Gasteiger partial charge on any atom is 0.323 e. The molecule has 0 aliphatic rings. The van der Waals surface area contributed by atoms with Crippen LogP contribution in [0.5, 0.6) is 11.5 Å². The number of aromatic nitrogens is 1. The number of halogens is 1. The monoisotopic (exact) mass is 465 g/mol. The molecule has 5 rings (SSSR count). The molecule has 7 heteroatoms. The summed E-state index contributed by atoms with van der Waals surface area (Å²) < 4.78 is 20.7. The second-order valence-corrected chi connectivity index (χ2v) is 7.79. The molecule has 0 bridgehead atoms. The molecule has 1 aromatic heterocycles. The first-order valence-corrected chi connectivity index (χ1v) is 10.9. The van der Waals surface area contributed by atoms with Crippen LogP contribution in [0, 0.1) is 5.82 Å². The molecule has 172 valence electrons. The van der Waals surface area contributed by atoms with Gasteiger partial charge in [-0.05, 0) is 78.9 Å². The Hall–Kier alpha value is -4.91. The van der Waals surface area contributed by atoms with Crippen molar-refractivity contribution in [1.82, 2.24) is 4.57 Å². The molecular formula is C28H20FN3O3. The first kappa shape index (κ1) is 21.9. The van der Waals surface area contributed by atoms with Crippen molar-refractivity contribution in [3.63, 3.8) is 0 Å². The lowest BCUT2D eigenvalue weighted by atomic mass is 10.2. The van der Waals surface area contributed by atoms with E-state index in [1.165, 1.54) is 22.8 Å². The zero-order valence-corrected chi connectivity index (χ0v) is 18.4. The van der Waals surface area contributed by atoms with E-state index in [2.05, 4.69) is 10.6 Å². The summed E-state index contributed by atoms with van der Waals surface area (Å²) in [5.41, 5.74) is 2.08. The largest absolute Gasteiger partial charge is 0.457 e. The fourth-order valence-corrected chi connectivity index (χ4v) is 3.68. The summed E-state index contributed by atoms with van der Waals surface area (Å²) in [6, 6.07) is 28.6. The van der Waals surface area contributed by atoms with Crippen molar-refractivity contribution in [3.8, 4) is 11.5 Å². The highest BCUT2D eigenvalue weighted by Crippen LogP contribution is 2.24. The van der Waals surface area contributed by atoms with E-state index in [1.807, 2.05) is 30.3 Å². The van der Waals surface area contributed by atoms with E-state index in [0.717, 1.165) is 11.1 Å². The number of nitrogens with one attached hydrogen (secondary N) is 2. The molecule has 0 saturated heterocycles. The predicted molar refractivity (Wildman–Crippen MR) is 134 cm³/mol. The van der Waals surface area contributed by atoms with Gasteiger partial charge in [-0.1, -0.05) is 24.3 Å². The highest BCUT2D eigenvalue weighted by molar-refractivity contribution is 6.04. The number of carbonyl (C=O) groups is 2. The van der Waals surface area contributed by atoms with Gasteiger partial charge in [0.05, 0.1) is 5.52 Å². The Kier molecular flexibility index (Phi) is 5.96. The van der Waals surface area contributed by atoms with Gasteiger partial charge in [-0.2, -0.15) is 0 Å². The normalized spacial score (nSPS) is 10.7. The van der Waals surface area contributed by atoms with Crippen LogP contribution >= 0.6 is 0 Å². The minimum Gasteiger partial charge on any atom is -0.457 e. The molecule has 2 amide bonds. The van der Waals surface area contributed by atoms with Crippen molar-refractivity contribution in [2.75, 3.05) is 10.6 Å². The number of para-hydroxylation sites is 1. The first-order chi connectivity index (χ1) is 17.0. The van der Waals surface area contributed by atoms with E-state index in [9.17, 15) is 14.0 Å². The summed E-state index contributed by atoms with van der Waals surface area (Å²) in [6.07, 6.45) is 1.63. The SMILES string of the molecule is O=C(Nc1ccc(Oc2ccccc2)cc1)Nc1ccc2c(ccn2C(=O)c2cccc(F)c2)c1. The molecule has 6 nitrogen and oxygen atoms in total. The van der Waals surface area contributed by atoms with Gasteiger partial charge in [-0.3, -0.25) is 9.36 Å². The van der Waals surface area contributed by atoms with Crippen molar-refractivity contribution < 1.29 is 18.7 Å². The number of nitrogens with zero attached hydrogens (tertiary/aromatic N) is 1. The lowest BCUT2D eigenvalue weighted by Crippen LogP contribution is -2.19. The minimum atomic E-state index is -0.469. The molecule has 0 unspecified atom stereocenters. The smallest absolute Gasteiger partial charge is 0.323 e. The van der Waals surface area contributed by atoms with Crippen LogP contribution in [0.15, 0.2) is 109 Å². The van der Waals surface area contributed by atoms with Crippen LogP contribution in [0.25, 0.3) is 10.9 Å². The summed E-state index contributed by atoms with van der Waals surface area (Å²) in [5.74, 6) is 0.582. The van der Waals surface area contributed by atoms with Gasteiger partial charge in [0.15, 0.2) is 0 Å². The van der Waals surface area contributed by atoms with Gasteiger partial charge in [0.1, 0.15) is 17.3 Å². The molecule has 35 heavy (non-hydrogen) atoms. The van der Waals surface area contributed by atoms with Crippen LogP contribution in [0.4, 0.5) is 20.6 Å². The predicted octanol–water partition coefficient (Wildman–Crippen LogP) is 6.91. The van der Waals surface area contributed by atoms with Crippen LogP contribution in [0.1, 0.15) is 10.4 Å². The quantitative estimate of drug-likeness (QED) is 0.296. The number of urea groups is 1. The summed E-state index contributed by atoms with van der Waals surface area (Å²) in [6.45, 7) is 0. The summed E-state index contributed by atoms with van der Waals surface area (Å²) in [5, 5.41) is 6.33. The molecular weight excluding hydrogens is 445 g/mol. The molecule has 2 N–H and O–H groups in total. The van der Waals surface area contributed by atoms with Crippen LogP contribution < -0.4 is 15.4 Å². The Bertz CT molecular complexity index is 1510. The van der Waals surface area contributed by atoms with Crippen molar-refractivity contribution >= 4 is 34.2 Å². The Morgan fingerprint density at radius 2 is 1.43 bits per heavy atom. The zero-order valence-electron chi connectivity index (χ0n) is 18.4. The van der Waals surface area contributed by atoms with Crippen LogP contribution in [0.2, 0.25) is 0 Å². The van der Waals surface area contributed by atoms with E-state index in [4.69, 9.17) is 4.74 Å². The maximum atomic E-state index is 13.5. The molecule has 0 aliphatic carbocycles. The number of fused-ring (bicyclic) bond motifs is 1. The second kappa shape index (κ2) is 9.52. The first-order valence-electron chi connectivity index (χ1n) is 10.9. The van der Waals surface area contributed by atoms with E-state index < -0.39 is 11.8 Å². The summed E-state index contributed by atoms with van der Waals surface area (Å²) >= 11 is 0. The molecule has 1 heterocycles. The third kappa shape index (κ3) is 5.04. The van der Waals surface area contributed by atoms with E-state index in [1.54, 1.807) is 60.8 Å². The number of anilines is 2. The molecule has 0 fully saturated rings. The lowest BCUT2D eigenvalue weighted by molar-refractivity contribution is 0.0964. The van der Waals surface area contributed by atoms with Crippen molar-refractivity contribution in [2.24, 2.45) is 0 Å². The van der Waals surface area contributed by atoms with Gasteiger partial charge < -0.3 is 15.4 Å². The summed E-state index contributed by atoms with van der Waals surface area (Å²) in [7, 11) is 0. The average molecular weight is 465 g/mol. The van der Waals surface area contributed by atoms with Crippen LogP contribution in [-0.4, -0.2) is 16.5 Å². The van der Waals surface area contributed by atoms with E-state index >= 15 is 0 Å². The number of hydrogen-bond donors (Lipinski definition) is 2. The van der Waals surface area contributed by atoms with Gasteiger partial charge >= 0.3 is 6.03 Å². The van der Waals surface area contributed by atoms with Gasteiger partial charge in [0.2, 0.25) is 0 Å². The fraction of sp³-hybridized carbons (Fsp3) is 0. The standard InChI is InChI=1S/C28H20FN3O3/c29-21-6-4-5-20(17-21)27(33)32-16-15-19-18-23(11-14-26(19)32)31-28(34)30-22-9-12-25(13-10-22)35-24-7-2-1-3-8-24/h1-18H,(H2,30,31,34). The van der Waals surface area contributed by atoms with E-state index in [0.29, 0.717) is 22.6 Å². The maximum absolute atomic E-state index is 13.5. The number of benzene rings is 4. The Morgan fingerprint density at radius 1 is 0.714 bits per heavy atom. The second-order valence-electron chi connectivity index (χ2n) is 7.79. The van der Waals surface area contributed by atoms with Crippen LogP contribution in [-0.2, 0) is 0 Å². The molecule has 5 aromatic rings.